The molecule has 0 aromatic heterocycles. The fraction of sp³-hybridized carbons (Fsp3) is 0.300. The Balaban J connectivity index is 2.54. The average Bonchev–Trinajstić information content (AvgIpc) is 2.12. The number of benzene rings is 1. The van der Waals surface area contributed by atoms with Crippen LogP contribution < -0.4 is 0 Å². The van der Waals surface area contributed by atoms with Crippen molar-refractivity contribution in [3.05, 3.63) is 32.2 Å². The van der Waals surface area contributed by atoms with Gasteiger partial charge in [-0.3, -0.25) is 4.79 Å². The summed E-state index contributed by atoms with van der Waals surface area (Å²) in [5, 5.41) is 0. The van der Waals surface area contributed by atoms with Crippen molar-refractivity contribution in [2.24, 2.45) is 0 Å². The second kappa shape index (κ2) is 3.54. The number of carbonyl (C=O) groups is 1. The zero-order valence-electron chi connectivity index (χ0n) is 6.94. The molecule has 1 aromatic rings. The Hall–Kier alpha value is -0.150. The maximum absolute atomic E-state index is 11.3. The van der Waals surface area contributed by atoms with E-state index in [1.165, 1.54) is 5.56 Å². The van der Waals surface area contributed by atoms with Crippen molar-refractivity contribution in [3.8, 4) is 0 Å². The third kappa shape index (κ3) is 1.72. The number of fused-ring (bicyclic) bond motifs is 1. The van der Waals surface area contributed by atoms with Crippen LogP contribution in [0.2, 0.25) is 0 Å². The van der Waals surface area contributed by atoms with Crippen molar-refractivity contribution in [2.45, 2.75) is 19.3 Å². The Morgan fingerprint density at radius 3 is 2.69 bits per heavy atom. The molecule has 0 amide bonds. The molecular weight excluding hydrogens is 296 g/mol. The first kappa shape index (κ1) is 9.41. The minimum Gasteiger partial charge on any atom is -0.299 e. The zero-order valence-corrected chi connectivity index (χ0v) is 10.1. The molecule has 0 atom stereocenters. The van der Waals surface area contributed by atoms with Crippen LogP contribution in [0.1, 0.15) is 17.5 Å². The van der Waals surface area contributed by atoms with Gasteiger partial charge in [-0.2, -0.15) is 0 Å². The summed E-state index contributed by atoms with van der Waals surface area (Å²) >= 11 is 6.93. The van der Waals surface area contributed by atoms with Crippen LogP contribution in [-0.4, -0.2) is 5.78 Å². The Kier molecular flexibility index (Phi) is 2.56. The fourth-order valence-electron chi connectivity index (χ4n) is 1.62. The minimum absolute atomic E-state index is 0.339. The van der Waals surface area contributed by atoms with Crippen LogP contribution in [-0.2, 0) is 17.6 Å². The van der Waals surface area contributed by atoms with Gasteiger partial charge in [0.2, 0.25) is 0 Å². The largest absolute Gasteiger partial charge is 0.299 e. The lowest BCUT2D eigenvalue weighted by Crippen LogP contribution is -2.13. The van der Waals surface area contributed by atoms with E-state index >= 15 is 0 Å². The lowest BCUT2D eigenvalue weighted by atomic mass is 9.91. The van der Waals surface area contributed by atoms with E-state index < -0.39 is 0 Å². The van der Waals surface area contributed by atoms with Crippen molar-refractivity contribution in [1.29, 1.82) is 0 Å². The summed E-state index contributed by atoms with van der Waals surface area (Å²) in [6.45, 7) is 0. The third-order valence-electron chi connectivity index (χ3n) is 2.34. The van der Waals surface area contributed by atoms with Gasteiger partial charge in [0.1, 0.15) is 5.78 Å². The van der Waals surface area contributed by atoms with Gasteiger partial charge in [0.15, 0.2) is 0 Å². The van der Waals surface area contributed by atoms with Gasteiger partial charge in [-0.15, -0.1) is 0 Å². The molecule has 0 saturated carbocycles. The number of ketones is 1. The van der Waals surface area contributed by atoms with Crippen molar-refractivity contribution >= 4 is 37.6 Å². The van der Waals surface area contributed by atoms with E-state index in [1.54, 1.807) is 0 Å². The molecule has 0 heterocycles. The highest BCUT2D eigenvalue weighted by atomic mass is 79.9. The monoisotopic (exact) mass is 302 g/mol. The van der Waals surface area contributed by atoms with Gasteiger partial charge in [-0.05, 0) is 55.5 Å². The molecule has 1 aliphatic rings. The van der Waals surface area contributed by atoms with Gasteiger partial charge in [0.05, 0.1) is 0 Å². The lowest BCUT2D eigenvalue weighted by molar-refractivity contribution is -0.118. The molecule has 0 N–H and O–H groups in total. The van der Waals surface area contributed by atoms with Crippen molar-refractivity contribution < 1.29 is 4.79 Å². The summed E-state index contributed by atoms with van der Waals surface area (Å²) in [4.78, 5) is 11.3. The molecule has 0 bridgehead atoms. The van der Waals surface area contributed by atoms with Gasteiger partial charge in [0, 0.05) is 21.8 Å². The van der Waals surface area contributed by atoms with E-state index in [0.717, 1.165) is 20.9 Å². The smallest absolute Gasteiger partial charge is 0.137 e. The van der Waals surface area contributed by atoms with E-state index in [2.05, 4.69) is 37.9 Å². The summed E-state index contributed by atoms with van der Waals surface area (Å²) in [7, 11) is 0. The number of carbonyl (C=O) groups excluding carboxylic acids is 1. The Bertz CT molecular complexity index is 371. The molecule has 0 radical (unpaired) electrons. The molecule has 1 aliphatic carbocycles. The average molecular weight is 304 g/mol. The van der Waals surface area contributed by atoms with Crippen LogP contribution in [0, 0.1) is 0 Å². The van der Waals surface area contributed by atoms with Gasteiger partial charge >= 0.3 is 0 Å². The minimum atomic E-state index is 0.339. The summed E-state index contributed by atoms with van der Waals surface area (Å²) in [6, 6.07) is 4.12. The van der Waals surface area contributed by atoms with Crippen LogP contribution in [0.15, 0.2) is 21.1 Å². The van der Waals surface area contributed by atoms with Crippen molar-refractivity contribution in [1.82, 2.24) is 0 Å². The molecular formula is C10H8Br2O. The van der Waals surface area contributed by atoms with E-state index in [4.69, 9.17) is 0 Å². The maximum Gasteiger partial charge on any atom is 0.137 e. The van der Waals surface area contributed by atoms with E-state index in [-0.39, 0.29) is 0 Å². The van der Waals surface area contributed by atoms with Gasteiger partial charge in [0.25, 0.3) is 0 Å². The van der Waals surface area contributed by atoms with Crippen LogP contribution in [0.5, 0.6) is 0 Å². The first-order chi connectivity index (χ1) is 6.18. The van der Waals surface area contributed by atoms with Crippen molar-refractivity contribution in [2.75, 3.05) is 0 Å². The second-order valence-corrected chi connectivity index (χ2v) is 4.86. The maximum atomic E-state index is 11.3. The third-order valence-corrected chi connectivity index (χ3v) is 4.44. The number of hydrogen-bond donors (Lipinski definition) is 0. The molecule has 1 nitrogen and oxygen atoms in total. The summed E-state index contributed by atoms with van der Waals surface area (Å²) in [6.07, 6.45) is 2.16. The summed E-state index contributed by atoms with van der Waals surface area (Å²) in [5.41, 5.74) is 2.46. The van der Waals surface area contributed by atoms with Gasteiger partial charge in [-0.1, -0.05) is 6.07 Å². The molecule has 2 rings (SSSR count). The van der Waals surface area contributed by atoms with E-state index in [9.17, 15) is 4.79 Å². The molecule has 0 unspecified atom stereocenters. The van der Waals surface area contributed by atoms with E-state index in [0.29, 0.717) is 18.6 Å². The molecule has 0 fully saturated rings. The highest BCUT2D eigenvalue weighted by molar-refractivity contribution is 9.13. The predicted octanol–water partition coefficient (Wildman–Crippen LogP) is 3.27. The Morgan fingerprint density at radius 1 is 1.15 bits per heavy atom. The molecule has 68 valence electrons. The predicted molar refractivity (Wildman–Crippen MR) is 58.9 cm³/mol. The fourth-order valence-corrected chi connectivity index (χ4v) is 2.52. The lowest BCUT2D eigenvalue weighted by Gasteiger charge is -2.16. The Morgan fingerprint density at radius 2 is 1.92 bits per heavy atom. The van der Waals surface area contributed by atoms with Gasteiger partial charge in [-0.25, -0.2) is 0 Å². The number of aryl methyl sites for hydroxylation is 1. The standard InChI is InChI=1S/C10H8Br2O/c11-9-4-2-6-1-3-7(13)5-8(6)10(9)12/h2,4H,1,3,5H2. The number of halogens is 2. The Labute approximate surface area is 93.8 Å². The molecule has 0 spiro atoms. The van der Waals surface area contributed by atoms with Crippen LogP contribution in [0.25, 0.3) is 0 Å². The number of hydrogen-bond acceptors (Lipinski definition) is 1. The molecule has 13 heavy (non-hydrogen) atoms. The second-order valence-electron chi connectivity index (χ2n) is 3.21. The molecule has 3 heteroatoms. The number of rotatable bonds is 0. The summed E-state index contributed by atoms with van der Waals surface area (Å²) < 4.78 is 2.07. The molecule has 0 aliphatic heterocycles. The normalized spacial score (nSPS) is 15.7. The van der Waals surface area contributed by atoms with Crippen LogP contribution in [0.3, 0.4) is 0 Å². The first-order valence-electron chi connectivity index (χ1n) is 4.16. The topological polar surface area (TPSA) is 17.1 Å². The molecule has 1 aromatic carbocycles. The highest BCUT2D eigenvalue weighted by Gasteiger charge is 2.18. The molecule has 0 saturated heterocycles. The van der Waals surface area contributed by atoms with Crippen molar-refractivity contribution in [3.63, 3.8) is 0 Å². The zero-order chi connectivity index (χ0) is 9.42. The summed E-state index contributed by atoms with van der Waals surface area (Å²) in [5.74, 6) is 0.339. The van der Waals surface area contributed by atoms with Crippen LogP contribution >= 0.6 is 31.9 Å². The highest BCUT2D eigenvalue weighted by Crippen LogP contribution is 2.32. The van der Waals surface area contributed by atoms with E-state index in [1.807, 2.05) is 6.07 Å². The van der Waals surface area contributed by atoms with Gasteiger partial charge < -0.3 is 0 Å². The number of Topliss-reactive ketones (excluding diaryl/α,β-unsaturated/α-hetero) is 1. The first-order valence-corrected chi connectivity index (χ1v) is 5.74. The van der Waals surface area contributed by atoms with Crippen LogP contribution in [0.4, 0.5) is 0 Å². The SMILES string of the molecule is O=C1CCc2ccc(Br)c(Br)c2C1. The quantitative estimate of drug-likeness (QED) is 0.719.